The molecular formula is C7H17Cl2N5. The molecule has 14 heavy (non-hydrogen) atoms. The summed E-state index contributed by atoms with van der Waals surface area (Å²) < 4.78 is 1.72. The minimum atomic E-state index is 0. The van der Waals surface area contributed by atoms with Crippen molar-refractivity contribution >= 4 is 36.3 Å². The lowest BCUT2D eigenvalue weighted by Gasteiger charge is -2.04. The van der Waals surface area contributed by atoms with Gasteiger partial charge in [0, 0.05) is 20.1 Å². The summed E-state index contributed by atoms with van der Waals surface area (Å²) in [5.74, 6) is 0.845. The largest absolute Gasteiger partial charge is 0.394 e. The van der Waals surface area contributed by atoms with Gasteiger partial charge in [-0.25, -0.2) is 0 Å². The fourth-order valence-corrected chi connectivity index (χ4v) is 1.07. The van der Waals surface area contributed by atoms with Gasteiger partial charge in [-0.15, -0.1) is 24.8 Å². The first kappa shape index (κ1) is 15.8. The average Bonchev–Trinajstić information content (AvgIpc) is 2.25. The van der Waals surface area contributed by atoms with E-state index in [9.17, 15) is 0 Å². The van der Waals surface area contributed by atoms with Crippen LogP contribution < -0.4 is 16.8 Å². The Morgan fingerprint density at radius 2 is 2.00 bits per heavy atom. The van der Waals surface area contributed by atoms with Gasteiger partial charge in [0.2, 0.25) is 0 Å². The second-order valence-electron chi connectivity index (χ2n) is 2.69. The van der Waals surface area contributed by atoms with E-state index in [1.807, 2.05) is 14.0 Å². The second kappa shape index (κ2) is 6.75. The van der Waals surface area contributed by atoms with Crippen LogP contribution in [-0.4, -0.2) is 22.9 Å². The van der Waals surface area contributed by atoms with Crippen molar-refractivity contribution in [2.75, 3.05) is 24.1 Å². The molecule has 5 N–H and O–H groups in total. The number of halogens is 2. The van der Waals surface area contributed by atoms with Gasteiger partial charge < -0.3 is 16.8 Å². The van der Waals surface area contributed by atoms with E-state index in [0.717, 1.165) is 11.5 Å². The molecule has 7 heteroatoms. The van der Waals surface area contributed by atoms with Gasteiger partial charge in [0.1, 0.15) is 5.82 Å². The molecular weight excluding hydrogens is 225 g/mol. The number of aromatic nitrogens is 2. The molecule has 0 saturated carbocycles. The number of nitrogens with two attached hydrogens (primary N) is 2. The van der Waals surface area contributed by atoms with Crippen molar-refractivity contribution in [2.24, 2.45) is 12.8 Å². The molecule has 0 fully saturated rings. The van der Waals surface area contributed by atoms with E-state index in [1.54, 1.807) is 4.68 Å². The Labute approximate surface area is 96.0 Å². The van der Waals surface area contributed by atoms with Gasteiger partial charge in [-0.2, -0.15) is 5.10 Å². The van der Waals surface area contributed by atoms with Gasteiger partial charge in [-0.1, -0.05) is 0 Å². The topological polar surface area (TPSA) is 81.9 Å². The highest BCUT2D eigenvalue weighted by Gasteiger charge is 2.07. The molecule has 1 aromatic heterocycles. The van der Waals surface area contributed by atoms with E-state index in [0.29, 0.717) is 18.8 Å². The summed E-state index contributed by atoms with van der Waals surface area (Å²) >= 11 is 0. The van der Waals surface area contributed by atoms with Crippen molar-refractivity contribution in [3.63, 3.8) is 0 Å². The van der Waals surface area contributed by atoms with Gasteiger partial charge >= 0.3 is 0 Å². The molecule has 0 saturated heterocycles. The first-order valence-corrected chi connectivity index (χ1v) is 3.89. The average molecular weight is 242 g/mol. The van der Waals surface area contributed by atoms with Gasteiger partial charge in [-0.05, 0) is 6.92 Å². The van der Waals surface area contributed by atoms with Crippen molar-refractivity contribution in [3.05, 3.63) is 5.69 Å². The van der Waals surface area contributed by atoms with Crippen LogP contribution >= 0.6 is 24.8 Å². The number of nitrogens with zero attached hydrogens (tertiary/aromatic N) is 2. The number of hydrogen-bond donors (Lipinski definition) is 3. The Morgan fingerprint density at radius 1 is 1.43 bits per heavy atom. The molecule has 1 aromatic rings. The smallest absolute Gasteiger partial charge is 0.147 e. The van der Waals surface area contributed by atoms with Crippen LogP contribution in [0, 0.1) is 6.92 Å². The zero-order valence-electron chi connectivity index (χ0n) is 8.28. The Bertz CT molecular complexity index is 273. The van der Waals surface area contributed by atoms with Gasteiger partial charge in [0.15, 0.2) is 0 Å². The van der Waals surface area contributed by atoms with Crippen molar-refractivity contribution < 1.29 is 0 Å². The summed E-state index contributed by atoms with van der Waals surface area (Å²) in [5, 5.41) is 7.25. The summed E-state index contributed by atoms with van der Waals surface area (Å²) in [6.07, 6.45) is 0. The highest BCUT2D eigenvalue weighted by atomic mass is 35.5. The Kier molecular flexibility index (Phi) is 7.62. The minimum Gasteiger partial charge on any atom is -0.394 e. The number of nitrogens with one attached hydrogen (secondary N) is 1. The Hall–Kier alpha value is -0.650. The molecule has 1 rings (SSSR count). The lowest BCUT2D eigenvalue weighted by Crippen LogP contribution is -2.15. The number of nitrogen functional groups attached to an aromatic ring is 1. The lowest BCUT2D eigenvalue weighted by molar-refractivity contribution is 0.758. The SMILES string of the molecule is Cc1nn(C)c(NCCN)c1N.Cl.Cl. The molecule has 0 radical (unpaired) electrons. The zero-order valence-corrected chi connectivity index (χ0v) is 9.91. The van der Waals surface area contributed by atoms with Crippen molar-refractivity contribution in [1.29, 1.82) is 0 Å². The molecule has 0 spiro atoms. The molecule has 1 heterocycles. The van der Waals surface area contributed by atoms with Crippen molar-refractivity contribution in [3.8, 4) is 0 Å². The van der Waals surface area contributed by atoms with Gasteiger partial charge in [-0.3, -0.25) is 4.68 Å². The molecule has 0 unspecified atom stereocenters. The van der Waals surface area contributed by atoms with E-state index in [-0.39, 0.29) is 24.8 Å². The van der Waals surface area contributed by atoms with Crippen LogP contribution in [0.2, 0.25) is 0 Å². The molecule has 0 atom stereocenters. The Morgan fingerprint density at radius 3 is 2.36 bits per heavy atom. The molecule has 0 aliphatic carbocycles. The highest BCUT2D eigenvalue weighted by molar-refractivity contribution is 5.85. The van der Waals surface area contributed by atoms with Crippen LogP contribution in [0.4, 0.5) is 11.5 Å². The molecule has 0 aliphatic rings. The summed E-state index contributed by atoms with van der Waals surface area (Å²) in [4.78, 5) is 0. The predicted octanol–water partition coefficient (Wildman–Crippen LogP) is 0.525. The fourth-order valence-electron chi connectivity index (χ4n) is 1.07. The standard InChI is InChI=1S/C7H15N5.2ClH/c1-5-6(9)7(10-4-3-8)12(2)11-5;;/h10H,3-4,8-9H2,1-2H3;2*1H. The van der Waals surface area contributed by atoms with E-state index >= 15 is 0 Å². The van der Waals surface area contributed by atoms with Gasteiger partial charge in [0.05, 0.1) is 11.4 Å². The summed E-state index contributed by atoms with van der Waals surface area (Å²) in [6.45, 7) is 3.18. The van der Waals surface area contributed by atoms with E-state index in [2.05, 4.69) is 10.4 Å². The van der Waals surface area contributed by atoms with E-state index in [1.165, 1.54) is 0 Å². The third-order valence-corrected chi connectivity index (χ3v) is 1.71. The summed E-state index contributed by atoms with van der Waals surface area (Å²) in [6, 6.07) is 0. The number of anilines is 2. The molecule has 0 aliphatic heterocycles. The second-order valence-corrected chi connectivity index (χ2v) is 2.69. The molecule has 5 nitrogen and oxygen atoms in total. The highest BCUT2D eigenvalue weighted by Crippen LogP contribution is 2.19. The zero-order chi connectivity index (χ0) is 9.14. The van der Waals surface area contributed by atoms with Crippen LogP contribution in [0.25, 0.3) is 0 Å². The maximum atomic E-state index is 5.76. The molecule has 84 valence electrons. The maximum Gasteiger partial charge on any atom is 0.147 e. The van der Waals surface area contributed by atoms with Crippen LogP contribution in [0.1, 0.15) is 5.69 Å². The lowest BCUT2D eigenvalue weighted by atomic mass is 10.4. The monoisotopic (exact) mass is 241 g/mol. The Balaban J connectivity index is 0. The van der Waals surface area contributed by atoms with Crippen molar-refractivity contribution in [1.82, 2.24) is 9.78 Å². The minimum absolute atomic E-state index is 0. The summed E-state index contributed by atoms with van der Waals surface area (Å²) in [5.41, 5.74) is 12.7. The summed E-state index contributed by atoms with van der Waals surface area (Å²) in [7, 11) is 1.85. The predicted molar refractivity (Wildman–Crippen MR) is 64.4 cm³/mol. The number of rotatable bonds is 3. The first-order chi connectivity index (χ1) is 5.66. The van der Waals surface area contributed by atoms with E-state index < -0.39 is 0 Å². The number of aryl methyl sites for hydroxylation is 2. The first-order valence-electron chi connectivity index (χ1n) is 3.89. The van der Waals surface area contributed by atoms with Crippen LogP contribution in [0.3, 0.4) is 0 Å². The molecule has 0 amide bonds. The molecule has 0 aromatic carbocycles. The third-order valence-electron chi connectivity index (χ3n) is 1.71. The number of hydrogen-bond acceptors (Lipinski definition) is 4. The quantitative estimate of drug-likeness (QED) is 0.721. The van der Waals surface area contributed by atoms with E-state index in [4.69, 9.17) is 11.5 Å². The van der Waals surface area contributed by atoms with Crippen LogP contribution in [-0.2, 0) is 7.05 Å². The third kappa shape index (κ3) is 3.25. The normalized spacial score (nSPS) is 8.79. The van der Waals surface area contributed by atoms with Crippen LogP contribution in [0.5, 0.6) is 0 Å². The maximum absolute atomic E-state index is 5.76. The van der Waals surface area contributed by atoms with Gasteiger partial charge in [0.25, 0.3) is 0 Å². The fraction of sp³-hybridized carbons (Fsp3) is 0.571. The van der Waals surface area contributed by atoms with Crippen LogP contribution in [0.15, 0.2) is 0 Å². The molecule has 0 bridgehead atoms. The van der Waals surface area contributed by atoms with Crippen molar-refractivity contribution in [2.45, 2.75) is 6.92 Å².